The molecular weight excluding hydrogens is 300 g/mol. The van der Waals surface area contributed by atoms with Gasteiger partial charge in [0.15, 0.2) is 0 Å². The van der Waals surface area contributed by atoms with Crippen molar-refractivity contribution in [2.75, 3.05) is 6.54 Å². The smallest absolute Gasteiger partial charge is 0.123 e. The van der Waals surface area contributed by atoms with Crippen molar-refractivity contribution >= 4 is 22.9 Å². The second-order valence-corrected chi connectivity index (χ2v) is 7.19. The topological polar surface area (TPSA) is 24.9 Å². The lowest BCUT2D eigenvalue weighted by atomic mass is 10.1. The van der Waals surface area contributed by atoms with Crippen LogP contribution in [-0.2, 0) is 13.0 Å². The van der Waals surface area contributed by atoms with E-state index in [-0.39, 0.29) is 0 Å². The summed E-state index contributed by atoms with van der Waals surface area (Å²) >= 11 is 7.76. The van der Waals surface area contributed by atoms with Gasteiger partial charge in [-0.25, -0.2) is 4.98 Å². The Balaban J connectivity index is 2.23. The third-order valence-electron chi connectivity index (χ3n) is 3.18. The summed E-state index contributed by atoms with van der Waals surface area (Å²) < 4.78 is 0. The van der Waals surface area contributed by atoms with Gasteiger partial charge in [0.1, 0.15) is 5.01 Å². The lowest BCUT2D eigenvalue weighted by Gasteiger charge is -2.05. The summed E-state index contributed by atoms with van der Waals surface area (Å²) in [5.74, 6) is 0.620. The molecule has 0 aliphatic heterocycles. The van der Waals surface area contributed by atoms with Crippen LogP contribution in [0.4, 0.5) is 0 Å². The Hall–Kier alpha value is -0.900. The number of hydrogen-bond donors (Lipinski definition) is 1. The van der Waals surface area contributed by atoms with Gasteiger partial charge in [-0.3, -0.25) is 0 Å². The molecule has 0 atom stereocenters. The van der Waals surface area contributed by atoms with Crippen LogP contribution in [0, 0.1) is 5.92 Å². The number of aromatic nitrogens is 1. The molecule has 0 amide bonds. The van der Waals surface area contributed by atoms with E-state index in [1.54, 1.807) is 11.3 Å². The number of rotatable bonds is 7. The van der Waals surface area contributed by atoms with Crippen molar-refractivity contribution in [2.24, 2.45) is 5.92 Å². The van der Waals surface area contributed by atoms with E-state index in [2.05, 4.69) is 26.1 Å². The summed E-state index contributed by atoms with van der Waals surface area (Å²) in [5, 5.41) is 5.35. The third kappa shape index (κ3) is 4.80. The summed E-state index contributed by atoms with van der Waals surface area (Å²) in [6.07, 6.45) is 2.19. The van der Waals surface area contributed by atoms with E-state index in [0.29, 0.717) is 5.92 Å². The van der Waals surface area contributed by atoms with Crippen LogP contribution in [0.3, 0.4) is 0 Å². The summed E-state index contributed by atoms with van der Waals surface area (Å²) in [7, 11) is 0. The molecule has 1 heterocycles. The van der Waals surface area contributed by atoms with E-state index in [0.717, 1.165) is 41.5 Å². The first kappa shape index (κ1) is 16.5. The normalized spacial score (nSPS) is 11.3. The average Bonchev–Trinajstić information content (AvgIpc) is 2.82. The number of thiazole rings is 1. The molecule has 0 saturated carbocycles. The average molecular weight is 323 g/mol. The maximum Gasteiger partial charge on any atom is 0.123 e. The molecule has 2 rings (SSSR count). The van der Waals surface area contributed by atoms with E-state index < -0.39 is 0 Å². The highest BCUT2D eigenvalue weighted by Crippen LogP contribution is 2.30. The van der Waals surface area contributed by atoms with Crippen LogP contribution in [0.15, 0.2) is 24.3 Å². The zero-order valence-electron chi connectivity index (χ0n) is 12.9. The Kier molecular flexibility index (Phi) is 6.22. The van der Waals surface area contributed by atoms with Crippen molar-refractivity contribution in [3.05, 3.63) is 39.9 Å². The fourth-order valence-corrected chi connectivity index (χ4v) is 3.35. The van der Waals surface area contributed by atoms with Crippen LogP contribution in [0.2, 0.25) is 5.02 Å². The maximum atomic E-state index is 5.96. The van der Waals surface area contributed by atoms with Crippen molar-refractivity contribution in [3.63, 3.8) is 0 Å². The van der Waals surface area contributed by atoms with E-state index >= 15 is 0 Å². The van der Waals surface area contributed by atoms with E-state index in [1.165, 1.54) is 10.6 Å². The lowest BCUT2D eigenvalue weighted by Crippen LogP contribution is -2.14. The number of benzene rings is 1. The highest BCUT2D eigenvalue weighted by molar-refractivity contribution is 7.15. The van der Waals surface area contributed by atoms with Crippen molar-refractivity contribution in [2.45, 2.75) is 40.2 Å². The molecular formula is C17H23ClN2S. The summed E-state index contributed by atoms with van der Waals surface area (Å²) in [6, 6.07) is 7.94. The first-order valence-electron chi connectivity index (χ1n) is 7.55. The fraction of sp³-hybridized carbons (Fsp3) is 0.471. The molecule has 2 nitrogen and oxygen atoms in total. The van der Waals surface area contributed by atoms with Gasteiger partial charge in [0.25, 0.3) is 0 Å². The van der Waals surface area contributed by atoms with Crippen molar-refractivity contribution in [3.8, 4) is 10.6 Å². The van der Waals surface area contributed by atoms with Crippen molar-refractivity contribution in [1.29, 1.82) is 0 Å². The van der Waals surface area contributed by atoms with E-state index in [4.69, 9.17) is 16.6 Å². The number of nitrogens with one attached hydrogen (secondary N) is 1. The van der Waals surface area contributed by atoms with Gasteiger partial charge in [-0.1, -0.05) is 44.5 Å². The largest absolute Gasteiger partial charge is 0.312 e. The third-order valence-corrected chi connectivity index (χ3v) is 4.58. The first-order chi connectivity index (χ1) is 10.1. The summed E-state index contributed by atoms with van der Waals surface area (Å²) in [5.41, 5.74) is 2.39. The molecule has 1 N–H and O–H groups in total. The number of halogens is 1. The maximum absolute atomic E-state index is 5.96. The van der Waals surface area contributed by atoms with Crippen molar-refractivity contribution in [1.82, 2.24) is 10.3 Å². The van der Waals surface area contributed by atoms with Crippen LogP contribution in [0.25, 0.3) is 10.6 Å². The van der Waals surface area contributed by atoms with Gasteiger partial charge >= 0.3 is 0 Å². The van der Waals surface area contributed by atoms with Crippen LogP contribution in [0.5, 0.6) is 0 Å². The molecule has 4 heteroatoms. The van der Waals surface area contributed by atoms with E-state index in [1.807, 2.05) is 24.3 Å². The van der Waals surface area contributed by atoms with Crippen molar-refractivity contribution < 1.29 is 0 Å². The SMILES string of the molecule is CCCNCc1sc(-c2ccc(Cl)cc2)nc1CC(C)C. The first-order valence-corrected chi connectivity index (χ1v) is 8.74. The standard InChI is InChI=1S/C17H23ClN2S/c1-4-9-19-11-16-15(10-12(2)3)20-17(21-16)13-5-7-14(18)8-6-13/h5-8,12,19H,4,9-11H2,1-3H3. The fourth-order valence-electron chi connectivity index (χ4n) is 2.16. The van der Waals surface area contributed by atoms with Crippen LogP contribution in [0.1, 0.15) is 37.8 Å². The van der Waals surface area contributed by atoms with Gasteiger partial charge in [0.05, 0.1) is 5.69 Å². The van der Waals surface area contributed by atoms with Crippen LogP contribution in [-0.4, -0.2) is 11.5 Å². The van der Waals surface area contributed by atoms with E-state index in [9.17, 15) is 0 Å². The molecule has 0 fully saturated rings. The highest BCUT2D eigenvalue weighted by atomic mass is 35.5. The minimum absolute atomic E-state index is 0.620. The second kappa shape index (κ2) is 7.92. The predicted octanol–water partition coefficient (Wildman–Crippen LogP) is 5.16. The van der Waals surface area contributed by atoms with Crippen LogP contribution >= 0.6 is 22.9 Å². The second-order valence-electron chi connectivity index (χ2n) is 5.67. The number of nitrogens with zero attached hydrogens (tertiary/aromatic N) is 1. The summed E-state index contributed by atoms with van der Waals surface area (Å²) in [6.45, 7) is 8.64. The molecule has 0 aliphatic carbocycles. The van der Waals surface area contributed by atoms with Gasteiger partial charge in [0, 0.05) is 22.0 Å². The summed E-state index contributed by atoms with van der Waals surface area (Å²) in [4.78, 5) is 6.23. The Bertz CT molecular complexity index is 561. The minimum atomic E-state index is 0.620. The molecule has 21 heavy (non-hydrogen) atoms. The molecule has 1 aromatic heterocycles. The molecule has 1 aromatic carbocycles. The molecule has 0 unspecified atom stereocenters. The zero-order chi connectivity index (χ0) is 15.2. The van der Waals surface area contributed by atoms with Gasteiger partial charge in [-0.15, -0.1) is 11.3 Å². The molecule has 0 saturated heterocycles. The molecule has 0 bridgehead atoms. The molecule has 0 spiro atoms. The van der Waals surface area contributed by atoms with Gasteiger partial charge in [-0.2, -0.15) is 0 Å². The van der Waals surface area contributed by atoms with Gasteiger partial charge in [0.2, 0.25) is 0 Å². The van der Waals surface area contributed by atoms with Gasteiger partial charge < -0.3 is 5.32 Å². The molecule has 0 aliphatic rings. The predicted molar refractivity (Wildman–Crippen MR) is 93.1 cm³/mol. The highest BCUT2D eigenvalue weighted by Gasteiger charge is 2.13. The minimum Gasteiger partial charge on any atom is -0.312 e. The van der Waals surface area contributed by atoms with Gasteiger partial charge in [-0.05, 0) is 37.4 Å². The Morgan fingerprint density at radius 3 is 2.57 bits per heavy atom. The quantitative estimate of drug-likeness (QED) is 0.712. The Labute approximate surface area is 136 Å². The molecule has 2 aromatic rings. The van der Waals surface area contributed by atoms with Crippen LogP contribution < -0.4 is 5.32 Å². The lowest BCUT2D eigenvalue weighted by molar-refractivity contribution is 0.623. The monoisotopic (exact) mass is 322 g/mol. The zero-order valence-corrected chi connectivity index (χ0v) is 14.5. The Morgan fingerprint density at radius 2 is 1.95 bits per heavy atom. The molecule has 114 valence electrons. The Morgan fingerprint density at radius 1 is 1.24 bits per heavy atom. The molecule has 0 radical (unpaired) electrons. The number of hydrogen-bond acceptors (Lipinski definition) is 3.